The number of carbonyl (C=O) groups is 2. The van der Waals surface area contributed by atoms with Crippen LogP contribution in [0.1, 0.15) is 80.3 Å². The number of halogens is 1. The molecular formula is C39H55ClN4O7S. The van der Waals surface area contributed by atoms with Crippen molar-refractivity contribution in [3.05, 3.63) is 58.1 Å². The molecule has 2 aromatic carbocycles. The van der Waals surface area contributed by atoms with E-state index in [1.807, 2.05) is 30.0 Å². The van der Waals surface area contributed by atoms with E-state index in [2.05, 4.69) is 14.5 Å². The van der Waals surface area contributed by atoms with E-state index in [9.17, 15) is 23.1 Å². The first-order valence-electron chi connectivity index (χ1n) is 18.9. The summed E-state index contributed by atoms with van der Waals surface area (Å²) in [6.07, 6.45) is 6.38. The van der Waals surface area contributed by atoms with Crippen LogP contribution in [0.4, 0.5) is 5.69 Å². The fourth-order valence-corrected chi connectivity index (χ4v) is 10.1. The van der Waals surface area contributed by atoms with Crippen molar-refractivity contribution < 1.29 is 32.6 Å². The van der Waals surface area contributed by atoms with Crippen LogP contribution in [0.15, 0.2) is 36.4 Å². The Kier molecular flexibility index (Phi) is 12.4. The normalized spacial score (nSPS) is 29.0. The van der Waals surface area contributed by atoms with Gasteiger partial charge in [0.15, 0.2) is 0 Å². The number of nitrogens with zero attached hydrogens (tertiary/aromatic N) is 3. The first kappa shape index (κ1) is 38.8. The van der Waals surface area contributed by atoms with Gasteiger partial charge in [0.2, 0.25) is 15.9 Å². The van der Waals surface area contributed by atoms with E-state index in [0.717, 1.165) is 48.9 Å². The zero-order valence-electron chi connectivity index (χ0n) is 30.8. The number of methoxy groups -OCH3 is 1. The largest absolute Gasteiger partial charge is 0.487 e. The Morgan fingerprint density at radius 2 is 1.81 bits per heavy atom. The van der Waals surface area contributed by atoms with E-state index >= 15 is 0 Å². The third kappa shape index (κ3) is 8.89. The molecule has 2 aromatic rings. The minimum Gasteiger partial charge on any atom is -0.487 e. The monoisotopic (exact) mass is 758 g/mol. The van der Waals surface area contributed by atoms with E-state index in [0.29, 0.717) is 82.5 Å². The molecule has 2 amide bonds. The molecule has 6 rings (SSSR count). The first-order valence-corrected chi connectivity index (χ1v) is 20.9. The third-order valence-corrected chi connectivity index (χ3v) is 14.2. The number of fused-ring (bicyclic) bond motifs is 3. The van der Waals surface area contributed by atoms with Crippen molar-refractivity contribution in [2.75, 3.05) is 64.4 Å². The number of amides is 2. The Morgan fingerprint density at radius 3 is 2.54 bits per heavy atom. The fourth-order valence-electron chi connectivity index (χ4n) is 8.55. The van der Waals surface area contributed by atoms with Gasteiger partial charge in [-0.15, -0.1) is 0 Å². The van der Waals surface area contributed by atoms with Crippen LogP contribution in [0.25, 0.3) is 0 Å². The van der Waals surface area contributed by atoms with Crippen LogP contribution in [-0.4, -0.2) is 106 Å². The lowest BCUT2D eigenvalue weighted by Crippen LogP contribution is -2.59. The molecule has 1 saturated heterocycles. The van der Waals surface area contributed by atoms with Crippen molar-refractivity contribution in [3.63, 3.8) is 0 Å². The summed E-state index contributed by atoms with van der Waals surface area (Å²) in [6.45, 7) is 8.38. The van der Waals surface area contributed by atoms with E-state index in [4.69, 9.17) is 21.1 Å². The van der Waals surface area contributed by atoms with Crippen molar-refractivity contribution in [2.45, 2.75) is 82.7 Å². The molecule has 5 atom stereocenters. The average molecular weight is 759 g/mol. The second kappa shape index (κ2) is 16.6. The number of aryl methyl sites for hydroxylation is 1. The number of hydrogen-bond donors (Lipinski definition) is 2. The van der Waals surface area contributed by atoms with Crippen molar-refractivity contribution in [2.24, 2.45) is 17.8 Å². The van der Waals surface area contributed by atoms with Crippen molar-refractivity contribution >= 4 is 39.1 Å². The lowest BCUT2D eigenvalue weighted by molar-refractivity contribution is -0.139. The highest BCUT2D eigenvalue weighted by atomic mass is 35.5. The molecule has 0 radical (unpaired) electrons. The second-order valence-electron chi connectivity index (χ2n) is 15.5. The predicted molar refractivity (Wildman–Crippen MR) is 202 cm³/mol. The Balaban J connectivity index is 1.32. The van der Waals surface area contributed by atoms with Gasteiger partial charge in [-0.2, -0.15) is 0 Å². The predicted octanol–water partition coefficient (Wildman–Crippen LogP) is 4.88. The molecule has 2 N–H and O–H groups in total. The number of anilines is 1. The molecule has 4 aliphatic rings. The van der Waals surface area contributed by atoms with Crippen LogP contribution in [0.2, 0.25) is 5.02 Å². The van der Waals surface area contributed by atoms with Crippen molar-refractivity contribution in [3.8, 4) is 5.75 Å². The summed E-state index contributed by atoms with van der Waals surface area (Å²) in [5.41, 5.74) is 2.25. The number of piperazine rings is 1. The summed E-state index contributed by atoms with van der Waals surface area (Å²) in [5.74, 6) is -0.0185. The van der Waals surface area contributed by atoms with Crippen molar-refractivity contribution in [1.82, 2.24) is 14.5 Å². The van der Waals surface area contributed by atoms with Gasteiger partial charge >= 0.3 is 0 Å². The van der Waals surface area contributed by atoms with Crippen molar-refractivity contribution in [1.29, 1.82) is 0 Å². The van der Waals surface area contributed by atoms with Gasteiger partial charge in [-0.05, 0) is 111 Å². The topological polar surface area (TPSA) is 129 Å². The Bertz CT molecular complexity index is 1700. The quantitative estimate of drug-likeness (QED) is 0.449. The average Bonchev–Trinajstić information content (AvgIpc) is 3.12. The summed E-state index contributed by atoms with van der Waals surface area (Å²) < 4.78 is 40.9. The molecule has 11 nitrogen and oxygen atoms in total. The maximum Gasteiger partial charge on any atom is 0.264 e. The molecule has 286 valence electrons. The number of benzene rings is 2. The zero-order valence-corrected chi connectivity index (χ0v) is 32.4. The van der Waals surface area contributed by atoms with Gasteiger partial charge in [0.25, 0.3) is 5.91 Å². The van der Waals surface area contributed by atoms with Crippen LogP contribution in [0, 0.1) is 17.8 Å². The maximum atomic E-state index is 13.6. The van der Waals surface area contributed by atoms with E-state index in [-0.39, 0.29) is 35.8 Å². The second-order valence-corrected chi connectivity index (χ2v) is 17.9. The minimum absolute atomic E-state index is 0.0190. The van der Waals surface area contributed by atoms with Crippen LogP contribution in [0.5, 0.6) is 5.75 Å². The van der Waals surface area contributed by atoms with Crippen LogP contribution >= 0.6 is 11.6 Å². The summed E-state index contributed by atoms with van der Waals surface area (Å²) in [4.78, 5) is 32.4. The van der Waals surface area contributed by atoms with Gasteiger partial charge in [0.1, 0.15) is 19.0 Å². The number of aliphatic hydroxyl groups is 1. The lowest BCUT2D eigenvalue weighted by atomic mass is 9.62. The van der Waals surface area contributed by atoms with Gasteiger partial charge < -0.3 is 24.4 Å². The van der Waals surface area contributed by atoms with Gasteiger partial charge in [0, 0.05) is 63.5 Å². The van der Waals surface area contributed by atoms with Gasteiger partial charge in [-0.1, -0.05) is 31.0 Å². The van der Waals surface area contributed by atoms with Crippen LogP contribution in [0.3, 0.4) is 0 Å². The molecular weight excluding hydrogens is 704 g/mol. The molecule has 1 unspecified atom stereocenters. The molecule has 2 fully saturated rings. The molecule has 1 aliphatic carbocycles. The SMILES string of the molecule is COCC(=O)N1CCN(C[C@]2(O)CCC[C@H](C)[C@@H](C)S(=O)(=O)NC(=O)c3ccc4c(c3)N(CCCCc3cc(Cl)ccc3CO4)C[C@@H]3CCC32)CC1. The molecule has 3 aliphatic heterocycles. The Morgan fingerprint density at radius 1 is 1.02 bits per heavy atom. The molecule has 0 spiro atoms. The van der Waals surface area contributed by atoms with Gasteiger partial charge in [0.05, 0.1) is 16.5 Å². The smallest absolute Gasteiger partial charge is 0.264 e. The highest BCUT2D eigenvalue weighted by Crippen LogP contribution is 2.46. The zero-order chi connectivity index (χ0) is 37.0. The summed E-state index contributed by atoms with van der Waals surface area (Å²) in [6, 6.07) is 11.1. The third-order valence-electron chi connectivity index (χ3n) is 12.1. The number of hydrogen-bond acceptors (Lipinski definition) is 9. The molecule has 2 bridgehead atoms. The standard InChI is InChI=1S/C39H55ClN4O7S/c1-27-7-6-15-39(47,26-42-17-19-43(20-18-42)37(45)25-50-3)34-13-10-31(34)23-44-16-5-4-8-29-21-33(40)12-9-32(29)24-51-36-14-11-30(22-35(36)44)38(46)41-52(48,49)28(27)2/h9,11-12,14,21-22,27-28,31,34,47H,4-8,10,13,15-20,23-26H2,1-3H3,(H,41,46)/t27-,28+,31-,34?,39+/m0/s1. The number of ether oxygens (including phenoxy) is 2. The fraction of sp³-hybridized carbons (Fsp3) is 0.641. The summed E-state index contributed by atoms with van der Waals surface area (Å²) >= 11 is 6.38. The first-order chi connectivity index (χ1) is 24.9. The number of rotatable bonds is 4. The summed E-state index contributed by atoms with van der Waals surface area (Å²) in [7, 11) is -2.45. The van der Waals surface area contributed by atoms with E-state index in [1.54, 1.807) is 25.1 Å². The number of nitrogens with one attached hydrogen (secondary N) is 1. The number of β-amino-alcohol motifs (C(OH)–C–C–N with tert-alkyl or cyclic N) is 1. The number of carbonyl (C=O) groups excluding carboxylic acids is 2. The van der Waals surface area contributed by atoms with Crippen LogP contribution < -0.4 is 14.4 Å². The van der Waals surface area contributed by atoms with E-state index in [1.165, 1.54) is 7.11 Å². The van der Waals surface area contributed by atoms with Gasteiger partial charge in [-0.25, -0.2) is 13.1 Å². The Hall–Kier alpha value is -2.90. The minimum atomic E-state index is -3.98. The Labute approximate surface area is 314 Å². The maximum absolute atomic E-state index is 13.6. The molecule has 1 saturated carbocycles. The van der Waals surface area contributed by atoms with Gasteiger partial charge in [-0.3, -0.25) is 14.5 Å². The van der Waals surface area contributed by atoms with Crippen LogP contribution in [-0.2, 0) is 32.6 Å². The highest BCUT2D eigenvalue weighted by Gasteiger charge is 2.48. The van der Waals surface area contributed by atoms with E-state index < -0.39 is 26.8 Å². The molecule has 0 aromatic heterocycles. The molecule has 3 heterocycles. The number of sulfonamides is 1. The highest BCUT2D eigenvalue weighted by molar-refractivity contribution is 7.90. The molecule has 52 heavy (non-hydrogen) atoms. The molecule has 13 heteroatoms. The summed E-state index contributed by atoms with van der Waals surface area (Å²) in [5, 5.41) is 12.6. The lowest BCUT2D eigenvalue weighted by Gasteiger charge is -2.51.